The summed E-state index contributed by atoms with van der Waals surface area (Å²) < 4.78 is 76.5. The maximum Gasteiger partial charge on any atom is 0.426 e. The molecule has 0 amide bonds. The summed E-state index contributed by atoms with van der Waals surface area (Å²) in [6, 6.07) is 18.8. The van der Waals surface area contributed by atoms with E-state index >= 15 is 0 Å². The van der Waals surface area contributed by atoms with Crippen molar-refractivity contribution >= 4 is 0 Å². The number of rotatable bonds is 9. The fraction of sp³-hybridized carbons (Fsp3) is 0.118. The number of aromatic nitrogens is 2. The quantitative estimate of drug-likeness (QED) is 0.130. The van der Waals surface area contributed by atoms with Gasteiger partial charge < -0.3 is 4.74 Å². The van der Waals surface area contributed by atoms with Gasteiger partial charge in [-0.25, -0.2) is 23.1 Å². The molecular weight excluding hydrogens is 547 g/mol. The second-order valence-electron chi connectivity index (χ2n) is 9.57. The number of hydrogen-bond donors (Lipinski definition) is 0. The number of hydrogen-bond acceptors (Lipinski definition) is 3. The summed E-state index contributed by atoms with van der Waals surface area (Å²) in [4.78, 5) is 8.69. The average molecular weight is 573 g/mol. The van der Waals surface area contributed by atoms with E-state index in [0.29, 0.717) is 22.5 Å². The third kappa shape index (κ3) is 6.54. The zero-order valence-corrected chi connectivity index (χ0v) is 22.5. The number of alkyl halides is 2. The summed E-state index contributed by atoms with van der Waals surface area (Å²) in [5.41, 5.74) is 2.57. The van der Waals surface area contributed by atoms with Crippen LogP contribution in [-0.4, -0.2) is 9.97 Å². The molecule has 4 aromatic carbocycles. The van der Waals surface area contributed by atoms with Gasteiger partial charge in [-0.3, -0.25) is 0 Å². The average Bonchev–Trinajstić information content (AvgIpc) is 2.99. The van der Waals surface area contributed by atoms with Crippen molar-refractivity contribution in [1.29, 1.82) is 0 Å². The topological polar surface area (TPSA) is 35.0 Å². The Hall–Kier alpha value is -4.85. The largest absolute Gasteiger partial charge is 0.429 e. The highest BCUT2D eigenvalue weighted by molar-refractivity contribution is 5.71. The van der Waals surface area contributed by atoms with Crippen molar-refractivity contribution in [1.82, 2.24) is 9.97 Å². The molecule has 8 heteroatoms. The first-order valence-electron chi connectivity index (χ1n) is 13.2. The Kier molecular flexibility index (Phi) is 8.43. The maximum atomic E-state index is 15.0. The minimum atomic E-state index is -3.62. The first kappa shape index (κ1) is 28.7. The predicted octanol–water partition coefficient (Wildman–Crippen LogP) is 9.53. The van der Waals surface area contributed by atoms with Crippen LogP contribution in [0.3, 0.4) is 0 Å². The zero-order valence-electron chi connectivity index (χ0n) is 22.5. The summed E-state index contributed by atoms with van der Waals surface area (Å²) in [6.45, 7) is 1.96. The zero-order chi connectivity index (χ0) is 29.7. The van der Waals surface area contributed by atoms with E-state index in [-0.39, 0.29) is 22.4 Å². The van der Waals surface area contributed by atoms with Crippen LogP contribution >= 0.6 is 0 Å². The standard InChI is InChI=1S/C34H25F5N2O/c1-2-3-4-5-22-20-40-33(41-21-22)24-6-12-27(13-7-24)34(38,39)42-28-14-8-23(9-15-28)25-10-16-29(31(36)18-25)26-11-17-30(35)32(37)19-26/h2-3,6-21H,4-5H2,1H3/b3-2+. The van der Waals surface area contributed by atoms with Gasteiger partial charge >= 0.3 is 6.11 Å². The molecule has 0 N–H and O–H groups in total. The highest BCUT2D eigenvalue weighted by atomic mass is 19.3. The van der Waals surface area contributed by atoms with Crippen LogP contribution in [-0.2, 0) is 12.5 Å². The van der Waals surface area contributed by atoms with Gasteiger partial charge in [0.15, 0.2) is 17.5 Å². The molecule has 0 bridgehead atoms. The van der Waals surface area contributed by atoms with E-state index in [1.165, 1.54) is 66.7 Å². The maximum absolute atomic E-state index is 15.0. The lowest BCUT2D eigenvalue weighted by atomic mass is 9.99. The van der Waals surface area contributed by atoms with Gasteiger partial charge in [0.25, 0.3) is 0 Å². The molecule has 0 aliphatic carbocycles. The van der Waals surface area contributed by atoms with Gasteiger partial charge in [-0.1, -0.05) is 54.6 Å². The van der Waals surface area contributed by atoms with Crippen LogP contribution < -0.4 is 4.74 Å². The van der Waals surface area contributed by atoms with Gasteiger partial charge in [-0.15, -0.1) is 0 Å². The second kappa shape index (κ2) is 12.3. The molecule has 212 valence electrons. The Labute approximate surface area is 240 Å². The minimum Gasteiger partial charge on any atom is -0.429 e. The van der Waals surface area contributed by atoms with Gasteiger partial charge in [-0.05, 0) is 84.5 Å². The molecule has 42 heavy (non-hydrogen) atoms. The number of aryl methyl sites for hydroxylation is 1. The van der Waals surface area contributed by atoms with Crippen molar-refractivity contribution in [2.24, 2.45) is 0 Å². The summed E-state index contributed by atoms with van der Waals surface area (Å²) in [6.07, 6.45) is 5.60. The smallest absolute Gasteiger partial charge is 0.426 e. The lowest BCUT2D eigenvalue weighted by molar-refractivity contribution is -0.185. The van der Waals surface area contributed by atoms with Crippen LogP contribution in [0.15, 0.2) is 109 Å². The molecular formula is C34H25F5N2O. The molecule has 0 spiro atoms. The summed E-state index contributed by atoms with van der Waals surface area (Å²) in [7, 11) is 0. The van der Waals surface area contributed by atoms with Crippen LogP contribution in [0.5, 0.6) is 5.75 Å². The SMILES string of the molecule is C/C=C/CCc1cnc(-c2ccc(C(F)(F)Oc3ccc(-c4ccc(-c5ccc(F)c(F)c5)c(F)c4)cc3)cc2)nc1. The molecule has 0 saturated heterocycles. The molecule has 1 heterocycles. The Bertz CT molecular complexity index is 1700. The third-order valence-electron chi connectivity index (χ3n) is 6.65. The van der Waals surface area contributed by atoms with E-state index < -0.39 is 23.6 Å². The minimum absolute atomic E-state index is 0.0800. The van der Waals surface area contributed by atoms with E-state index in [1.54, 1.807) is 18.5 Å². The number of nitrogens with zero attached hydrogens (tertiary/aromatic N) is 2. The Morgan fingerprint density at radius 3 is 1.95 bits per heavy atom. The third-order valence-corrected chi connectivity index (χ3v) is 6.65. The van der Waals surface area contributed by atoms with Crippen LogP contribution in [0.4, 0.5) is 22.0 Å². The van der Waals surface area contributed by atoms with E-state index in [0.717, 1.165) is 30.5 Å². The number of benzene rings is 4. The van der Waals surface area contributed by atoms with Gasteiger partial charge in [0.05, 0.1) is 5.56 Å². The van der Waals surface area contributed by atoms with Crippen LogP contribution in [0.1, 0.15) is 24.5 Å². The molecule has 0 radical (unpaired) electrons. The number of halogens is 5. The summed E-state index contributed by atoms with van der Waals surface area (Å²) in [5.74, 6) is -2.38. The van der Waals surface area contributed by atoms with Gasteiger partial charge in [0, 0.05) is 23.5 Å². The van der Waals surface area contributed by atoms with Crippen molar-refractivity contribution in [2.45, 2.75) is 25.9 Å². The molecule has 5 rings (SSSR count). The van der Waals surface area contributed by atoms with E-state index in [4.69, 9.17) is 4.74 Å². The lowest BCUT2D eigenvalue weighted by Gasteiger charge is -2.19. The highest BCUT2D eigenvalue weighted by Gasteiger charge is 2.34. The first-order chi connectivity index (χ1) is 20.2. The molecule has 3 nitrogen and oxygen atoms in total. The van der Waals surface area contributed by atoms with E-state index in [1.807, 2.05) is 13.0 Å². The van der Waals surface area contributed by atoms with E-state index in [9.17, 15) is 22.0 Å². The Balaban J connectivity index is 1.25. The van der Waals surface area contributed by atoms with Gasteiger partial charge in [0.2, 0.25) is 0 Å². The Morgan fingerprint density at radius 1 is 0.690 bits per heavy atom. The molecule has 0 aliphatic heterocycles. The lowest BCUT2D eigenvalue weighted by Crippen LogP contribution is -2.21. The molecule has 0 aliphatic rings. The van der Waals surface area contributed by atoms with Crippen molar-refractivity contribution in [2.75, 3.05) is 0 Å². The fourth-order valence-electron chi connectivity index (χ4n) is 4.38. The number of allylic oxidation sites excluding steroid dienone is 2. The predicted molar refractivity (Wildman–Crippen MR) is 152 cm³/mol. The Morgan fingerprint density at radius 2 is 1.31 bits per heavy atom. The van der Waals surface area contributed by atoms with E-state index in [2.05, 4.69) is 16.0 Å². The second-order valence-corrected chi connectivity index (χ2v) is 9.57. The van der Waals surface area contributed by atoms with Crippen molar-refractivity contribution in [3.8, 4) is 39.4 Å². The normalized spacial score (nSPS) is 11.7. The first-order valence-corrected chi connectivity index (χ1v) is 13.2. The summed E-state index contributed by atoms with van der Waals surface area (Å²) >= 11 is 0. The molecule has 0 atom stereocenters. The summed E-state index contributed by atoms with van der Waals surface area (Å²) in [5, 5.41) is 0. The van der Waals surface area contributed by atoms with Crippen molar-refractivity contribution < 1.29 is 26.7 Å². The van der Waals surface area contributed by atoms with Crippen LogP contribution in [0.2, 0.25) is 0 Å². The molecule has 0 fully saturated rings. The van der Waals surface area contributed by atoms with Crippen LogP contribution in [0.25, 0.3) is 33.6 Å². The van der Waals surface area contributed by atoms with Gasteiger partial charge in [0.1, 0.15) is 11.6 Å². The number of ether oxygens (including phenoxy) is 1. The molecule has 1 aromatic heterocycles. The fourth-order valence-corrected chi connectivity index (χ4v) is 4.38. The van der Waals surface area contributed by atoms with Gasteiger partial charge in [-0.2, -0.15) is 8.78 Å². The molecule has 5 aromatic rings. The molecule has 0 saturated carbocycles. The highest BCUT2D eigenvalue weighted by Crippen LogP contribution is 2.34. The van der Waals surface area contributed by atoms with Crippen molar-refractivity contribution in [3.05, 3.63) is 138 Å². The molecule has 0 unspecified atom stereocenters. The monoisotopic (exact) mass is 572 g/mol. The van der Waals surface area contributed by atoms with Crippen LogP contribution in [0, 0.1) is 17.5 Å². The van der Waals surface area contributed by atoms with Crippen molar-refractivity contribution in [3.63, 3.8) is 0 Å².